The number of fused-ring (bicyclic) bond motifs is 1. The molecule has 4 rings (SSSR count). The molecule has 0 saturated heterocycles. The summed E-state index contributed by atoms with van der Waals surface area (Å²) >= 11 is 0. The fraction of sp³-hybridized carbons (Fsp3) is 0.393. The van der Waals surface area contributed by atoms with E-state index >= 15 is 0 Å². The molecule has 0 unspecified atom stereocenters. The van der Waals surface area contributed by atoms with Gasteiger partial charge in [0, 0.05) is 18.3 Å². The van der Waals surface area contributed by atoms with Gasteiger partial charge < -0.3 is 28.8 Å². The number of hydrazone groups is 1. The highest BCUT2D eigenvalue weighted by atomic mass is 16.5. The second-order valence-corrected chi connectivity index (χ2v) is 8.94. The van der Waals surface area contributed by atoms with Gasteiger partial charge in [0.1, 0.15) is 0 Å². The Kier molecular flexibility index (Phi) is 8.01. The third-order valence-corrected chi connectivity index (χ3v) is 6.80. The quantitative estimate of drug-likeness (QED) is 0.512. The van der Waals surface area contributed by atoms with Crippen molar-refractivity contribution >= 4 is 23.7 Å². The van der Waals surface area contributed by atoms with Gasteiger partial charge in [-0.3, -0.25) is 4.79 Å². The summed E-state index contributed by atoms with van der Waals surface area (Å²) in [5.74, 6) is 0.712. The van der Waals surface area contributed by atoms with Crippen LogP contribution in [0.2, 0.25) is 0 Å². The first-order valence-electron chi connectivity index (χ1n) is 12.2. The number of carbonyl (C=O) groups excluding carboxylic acids is 2. The summed E-state index contributed by atoms with van der Waals surface area (Å²) in [5.41, 5.74) is 3.64. The van der Waals surface area contributed by atoms with Crippen molar-refractivity contribution in [1.82, 2.24) is 5.01 Å². The minimum atomic E-state index is -1.27. The average Bonchev–Trinajstić information content (AvgIpc) is 3.32. The van der Waals surface area contributed by atoms with Gasteiger partial charge in [0.05, 0.1) is 40.2 Å². The lowest BCUT2D eigenvalue weighted by atomic mass is 9.77. The molecule has 0 aromatic heterocycles. The lowest BCUT2D eigenvalue weighted by Crippen LogP contribution is -2.33. The maximum absolute atomic E-state index is 13.2. The molecule has 0 N–H and O–H groups in total. The molecule has 9 heteroatoms. The number of aliphatic carboxylic acids is 1. The van der Waals surface area contributed by atoms with Crippen LogP contribution >= 0.6 is 0 Å². The summed E-state index contributed by atoms with van der Waals surface area (Å²) in [4.78, 5) is 24.2. The maximum Gasteiger partial charge on any atom is 0.243 e. The maximum atomic E-state index is 13.2. The Bertz CT molecular complexity index is 1240. The van der Waals surface area contributed by atoms with E-state index in [0.29, 0.717) is 23.0 Å². The summed E-state index contributed by atoms with van der Waals surface area (Å²) in [6.45, 7) is 0. The molecule has 0 spiro atoms. The molecule has 1 saturated carbocycles. The van der Waals surface area contributed by atoms with Gasteiger partial charge in [0.15, 0.2) is 23.0 Å². The van der Waals surface area contributed by atoms with Crippen LogP contribution < -0.4 is 24.1 Å². The molecular formula is C28H31N2O7-. The molecule has 2 aromatic rings. The number of carbonyl (C=O) groups is 2. The van der Waals surface area contributed by atoms with Crippen molar-refractivity contribution in [3.8, 4) is 23.0 Å². The number of hydrogen-bond acceptors (Lipinski definition) is 8. The van der Waals surface area contributed by atoms with Gasteiger partial charge in [-0.05, 0) is 72.7 Å². The Labute approximate surface area is 216 Å². The first-order chi connectivity index (χ1) is 17.9. The van der Waals surface area contributed by atoms with Crippen LogP contribution in [0.25, 0.3) is 6.08 Å². The Balaban J connectivity index is 1.74. The average molecular weight is 508 g/mol. The predicted molar refractivity (Wildman–Crippen MR) is 136 cm³/mol. The number of nitrogens with zero attached hydrogens (tertiary/aromatic N) is 2. The first kappa shape index (κ1) is 26.1. The van der Waals surface area contributed by atoms with Crippen molar-refractivity contribution < 1.29 is 33.6 Å². The van der Waals surface area contributed by atoms with E-state index in [9.17, 15) is 14.7 Å². The van der Waals surface area contributed by atoms with Gasteiger partial charge in [0.2, 0.25) is 5.91 Å². The highest BCUT2D eigenvalue weighted by Crippen LogP contribution is 2.46. The highest BCUT2D eigenvalue weighted by molar-refractivity contribution is 6.08. The topological polar surface area (TPSA) is 110 Å². The second-order valence-electron chi connectivity index (χ2n) is 8.94. The van der Waals surface area contributed by atoms with Crippen LogP contribution in [0.4, 0.5) is 0 Å². The van der Waals surface area contributed by atoms with Gasteiger partial charge in [-0.2, -0.15) is 5.10 Å². The Morgan fingerprint density at radius 1 is 0.946 bits per heavy atom. The SMILES string of the molecule is COc1ccc(/C=C2\CCC[C@H]3C2=NN(C(=O)CCC(=O)[O-])[C@H]3c2ccc(OC)c(OC)c2)cc1OC. The monoisotopic (exact) mass is 507 g/mol. The van der Waals surface area contributed by atoms with Crippen molar-refractivity contribution in [2.45, 2.75) is 38.1 Å². The predicted octanol–water partition coefficient (Wildman–Crippen LogP) is 3.37. The van der Waals surface area contributed by atoms with Crippen LogP contribution in [0.3, 0.4) is 0 Å². The normalized spacial score (nSPS) is 19.7. The minimum Gasteiger partial charge on any atom is -0.550 e. The van der Waals surface area contributed by atoms with E-state index in [1.54, 1.807) is 34.5 Å². The molecule has 196 valence electrons. The zero-order valence-electron chi connectivity index (χ0n) is 21.5. The minimum absolute atomic E-state index is 0.0508. The molecule has 1 aliphatic carbocycles. The fourth-order valence-corrected chi connectivity index (χ4v) is 5.04. The molecule has 0 bridgehead atoms. The molecule has 2 aliphatic rings. The van der Waals surface area contributed by atoms with Crippen molar-refractivity contribution in [1.29, 1.82) is 0 Å². The zero-order valence-corrected chi connectivity index (χ0v) is 21.5. The lowest BCUT2D eigenvalue weighted by Gasteiger charge is -2.30. The number of hydrogen-bond donors (Lipinski definition) is 0. The van der Waals surface area contributed by atoms with E-state index in [1.165, 1.54) is 5.01 Å². The number of carboxylic acid groups (broad SMARTS) is 1. The van der Waals surface area contributed by atoms with E-state index in [2.05, 4.69) is 6.08 Å². The number of rotatable bonds is 9. The van der Waals surface area contributed by atoms with Crippen LogP contribution in [0.15, 0.2) is 47.1 Å². The van der Waals surface area contributed by atoms with Crippen LogP contribution in [-0.4, -0.2) is 51.0 Å². The van der Waals surface area contributed by atoms with E-state index < -0.39 is 12.0 Å². The second kappa shape index (κ2) is 11.4. The van der Waals surface area contributed by atoms with Crippen molar-refractivity contribution in [2.24, 2.45) is 11.0 Å². The van der Waals surface area contributed by atoms with Gasteiger partial charge >= 0.3 is 0 Å². The van der Waals surface area contributed by atoms with Crippen LogP contribution in [-0.2, 0) is 9.59 Å². The molecule has 9 nitrogen and oxygen atoms in total. The lowest BCUT2D eigenvalue weighted by molar-refractivity contribution is -0.305. The van der Waals surface area contributed by atoms with Crippen molar-refractivity contribution in [2.75, 3.05) is 28.4 Å². The summed E-state index contributed by atoms with van der Waals surface area (Å²) in [7, 11) is 6.31. The fourth-order valence-electron chi connectivity index (χ4n) is 5.04. The molecule has 1 fully saturated rings. The number of ether oxygens (including phenoxy) is 4. The van der Waals surface area contributed by atoms with Gasteiger partial charge in [-0.1, -0.05) is 12.1 Å². The number of amides is 1. The molecule has 2 atom stereocenters. The number of carboxylic acids is 1. The molecular weight excluding hydrogens is 476 g/mol. The van der Waals surface area contributed by atoms with E-state index in [1.807, 2.05) is 30.3 Å². The first-order valence-corrected chi connectivity index (χ1v) is 12.2. The third-order valence-electron chi connectivity index (χ3n) is 6.80. The largest absolute Gasteiger partial charge is 0.550 e. The number of allylic oxidation sites excluding steroid dienone is 1. The Morgan fingerprint density at radius 3 is 2.24 bits per heavy atom. The summed E-state index contributed by atoms with van der Waals surface area (Å²) in [6, 6.07) is 10.9. The summed E-state index contributed by atoms with van der Waals surface area (Å²) in [5, 5.41) is 17.3. The van der Waals surface area contributed by atoms with Crippen LogP contribution in [0.5, 0.6) is 23.0 Å². The Hall–Kier alpha value is -4.01. The number of benzene rings is 2. The summed E-state index contributed by atoms with van der Waals surface area (Å²) in [6.07, 6.45) is 4.08. The molecule has 1 aliphatic heterocycles. The molecule has 2 aromatic carbocycles. The van der Waals surface area contributed by atoms with Gasteiger partial charge in [-0.15, -0.1) is 0 Å². The standard InChI is InChI=1S/C28H32N2O7/c1-34-21-10-8-17(15-23(21)36-3)14-18-6-5-7-20-27(18)29-30(25(31)12-13-26(32)33)28(20)19-9-11-22(35-2)24(16-19)37-4/h8-11,14-16,20,28H,5-7,12-13H2,1-4H3,(H,32,33)/p-1/b18-14+/t20-,28-/m0/s1. The molecule has 37 heavy (non-hydrogen) atoms. The van der Waals surface area contributed by atoms with Crippen LogP contribution in [0, 0.1) is 5.92 Å². The zero-order chi connectivity index (χ0) is 26.5. The van der Waals surface area contributed by atoms with E-state index in [0.717, 1.165) is 41.7 Å². The summed E-state index contributed by atoms with van der Waals surface area (Å²) < 4.78 is 21.7. The van der Waals surface area contributed by atoms with E-state index in [4.69, 9.17) is 24.0 Å². The van der Waals surface area contributed by atoms with Gasteiger partial charge in [-0.25, -0.2) is 5.01 Å². The Morgan fingerprint density at radius 2 is 1.59 bits per heavy atom. The highest BCUT2D eigenvalue weighted by Gasteiger charge is 2.43. The van der Waals surface area contributed by atoms with Crippen LogP contribution in [0.1, 0.15) is 49.3 Å². The molecule has 1 amide bonds. The third kappa shape index (κ3) is 5.40. The van der Waals surface area contributed by atoms with Crippen molar-refractivity contribution in [3.63, 3.8) is 0 Å². The molecule has 1 heterocycles. The van der Waals surface area contributed by atoms with Crippen molar-refractivity contribution in [3.05, 3.63) is 53.1 Å². The van der Waals surface area contributed by atoms with E-state index in [-0.39, 0.29) is 24.7 Å². The number of methoxy groups -OCH3 is 4. The smallest absolute Gasteiger partial charge is 0.243 e. The molecule has 0 radical (unpaired) electrons. The van der Waals surface area contributed by atoms with Gasteiger partial charge in [0.25, 0.3) is 0 Å².